The average Bonchev–Trinajstić information content (AvgIpc) is 3.01. The maximum absolute atomic E-state index is 13.2. The summed E-state index contributed by atoms with van der Waals surface area (Å²) in [6, 6.07) is 3.06. The normalized spacial score (nSPS) is 19.3. The molecule has 2 N–H and O–H groups in total. The lowest BCUT2D eigenvalue weighted by atomic mass is 9.95. The molecule has 0 radical (unpaired) electrons. The predicted octanol–water partition coefficient (Wildman–Crippen LogP) is 2.48. The van der Waals surface area contributed by atoms with E-state index in [0.717, 1.165) is 0 Å². The highest BCUT2D eigenvalue weighted by Gasteiger charge is 2.38. The number of likely N-dealkylation sites (tertiary alicyclic amines) is 1. The highest BCUT2D eigenvalue weighted by Crippen LogP contribution is 2.36. The number of benzene rings is 1. The summed E-state index contributed by atoms with van der Waals surface area (Å²) in [7, 11) is 2.92. The SMILES string of the molecule is COc1cc(NC(=O)C(C)(C)C)c(C(=O)N2C[C@@H](C)[C@H](C(=O)O)C2)cc1OC. The Kier molecular flexibility index (Phi) is 6.21. The molecule has 1 fully saturated rings. The number of amides is 2. The highest BCUT2D eigenvalue weighted by atomic mass is 16.5. The fraction of sp³-hybridized carbons (Fsp3) is 0.550. The van der Waals surface area contributed by atoms with Crippen molar-refractivity contribution >= 4 is 23.5 Å². The van der Waals surface area contributed by atoms with Crippen LogP contribution in [-0.4, -0.2) is 55.1 Å². The lowest BCUT2D eigenvalue weighted by molar-refractivity contribution is -0.142. The van der Waals surface area contributed by atoms with Gasteiger partial charge in [-0.1, -0.05) is 27.7 Å². The van der Waals surface area contributed by atoms with Gasteiger partial charge in [0.1, 0.15) is 0 Å². The van der Waals surface area contributed by atoms with Gasteiger partial charge in [-0.25, -0.2) is 0 Å². The van der Waals surface area contributed by atoms with Crippen LogP contribution in [0.4, 0.5) is 5.69 Å². The van der Waals surface area contributed by atoms with Gasteiger partial charge in [-0.3, -0.25) is 14.4 Å². The largest absolute Gasteiger partial charge is 0.493 e. The number of carbonyl (C=O) groups is 3. The fourth-order valence-corrected chi connectivity index (χ4v) is 3.09. The Morgan fingerprint density at radius 3 is 2.14 bits per heavy atom. The van der Waals surface area contributed by atoms with E-state index in [9.17, 15) is 19.5 Å². The maximum atomic E-state index is 13.2. The lowest BCUT2D eigenvalue weighted by Crippen LogP contribution is -2.32. The van der Waals surface area contributed by atoms with Crippen molar-refractivity contribution in [3.8, 4) is 11.5 Å². The minimum absolute atomic E-state index is 0.121. The predicted molar refractivity (Wildman–Crippen MR) is 104 cm³/mol. The van der Waals surface area contributed by atoms with Crippen molar-refractivity contribution in [1.82, 2.24) is 4.90 Å². The zero-order valence-corrected chi connectivity index (χ0v) is 17.2. The van der Waals surface area contributed by atoms with E-state index in [-0.39, 0.29) is 29.8 Å². The van der Waals surface area contributed by atoms with Gasteiger partial charge >= 0.3 is 5.97 Å². The number of carboxylic acid groups (broad SMARTS) is 1. The van der Waals surface area contributed by atoms with Gasteiger partial charge < -0.3 is 24.8 Å². The van der Waals surface area contributed by atoms with Gasteiger partial charge in [0.2, 0.25) is 5.91 Å². The number of hydrogen-bond donors (Lipinski definition) is 2. The van der Waals surface area contributed by atoms with Crippen LogP contribution < -0.4 is 14.8 Å². The fourth-order valence-electron chi connectivity index (χ4n) is 3.09. The van der Waals surface area contributed by atoms with E-state index in [1.165, 1.54) is 25.2 Å². The number of anilines is 1. The molecule has 0 aliphatic carbocycles. The molecule has 2 atom stereocenters. The molecule has 0 spiro atoms. The van der Waals surface area contributed by atoms with E-state index in [1.54, 1.807) is 26.8 Å². The van der Waals surface area contributed by atoms with Gasteiger partial charge in [-0.15, -0.1) is 0 Å². The van der Waals surface area contributed by atoms with Gasteiger partial charge in [-0.05, 0) is 12.0 Å². The van der Waals surface area contributed by atoms with E-state index >= 15 is 0 Å². The van der Waals surface area contributed by atoms with Gasteiger partial charge in [0, 0.05) is 24.6 Å². The van der Waals surface area contributed by atoms with Crippen LogP contribution in [0.15, 0.2) is 12.1 Å². The van der Waals surface area contributed by atoms with Crippen LogP contribution >= 0.6 is 0 Å². The van der Waals surface area contributed by atoms with Crippen LogP contribution in [-0.2, 0) is 9.59 Å². The Bertz CT molecular complexity index is 784. The second-order valence-electron chi connectivity index (χ2n) is 8.09. The molecular formula is C20H28N2O6. The number of hydrogen-bond acceptors (Lipinski definition) is 5. The molecule has 1 aromatic carbocycles. The first-order valence-corrected chi connectivity index (χ1v) is 9.09. The number of methoxy groups -OCH3 is 2. The molecule has 1 saturated heterocycles. The van der Waals surface area contributed by atoms with Gasteiger partial charge in [0.15, 0.2) is 11.5 Å². The van der Waals surface area contributed by atoms with Crippen LogP contribution in [0.5, 0.6) is 11.5 Å². The third-order valence-electron chi connectivity index (χ3n) is 4.90. The Labute approximate surface area is 164 Å². The number of carboxylic acids is 1. The minimum Gasteiger partial charge on any atom is -0.493 e. The smallest absolute Gasteiger partial charge is 0.308 e. The summed E-state index contributed by atoms with van der Waals surface area (Å²) in [5.41, 5.74) is -0.133. The molecule has 28 heavy (non-hydrogen) atoms. The molecule has 1 aliphatic heterocycles. The molecule has 0 bridgehead atoms. The number of nitrogens with zero attached hydrogens (tertiary/aromatic N) is 1. The summed E-state index contributed by atoms with van der Waals surface area (Å²) >= 11 is 0. The van der Waals surface area contributed by atoms with E-state index in [2.05, 4.69) is 5.32 Å². The number of nitrogens with one attached hydrogen (secondary N) is 1. The first kappa shape index (κ1) is 21.5. The summed E-state index contributed by atoms with van der Waals surface area (Å²) in [6.07, 6.45) is 0. The van der Waals surface area contributed by atoms with Crippen molar-refractivity contribution in [2.24, 2.45) is 17.3 Å². The summed E-state index contributed by atoms with van der Waals surface area (Å²) in [4.78, 5) is 38.5. The molecule has 8 heteroatoms. The Morgan fingerprint density at radius 1 is 1.11 bits per heavy atom. The number of carbonyl (C=O) groups excluding carboxylic acids is 2. The Hall–Kier alpha value is -2.77. The Morgan fingerprint density at radius 2 is 1.68 bits per heavy atom. The minimum atomic E-state index is -0.920. The van der Waals surface area contributed by atoms with Crippen molar-refractivity contribution in [2.75, 3.05) is 32.6 Å². The molecule has 0 unspecified atom stereocenters. The van der Waals surface area contributed by atoms with Gasteiger partial charge in [0.25, 0.3) is 5.91 Å². The molecule has 154 valence electrons. The summed E-state index contributed by atoms with van der Waals surface area (Å²) in [5.74, 6) is -1.59. The van der Waals surface area contributed by atoms with Gasteiger partial charge in [-0.2, -0.15) is 0 Å². The standard InChI is InChI=1S/C20H28N2O6/c1-11-9-22(10-13(11)18(24)25)17(23)12-7-15(27-5)16(28-6)8-14(12)21-19(26)20(2,3)4/h7-8,11,13H,9-10H2,1-6H3,(H,21,26)(H,24,25)/t11-,13-/m1/s1. The summed E-state index contributed by atoms with van der Waals surface area (Å²) < 4.78 is 10.6. The lowest BCUT2D eigenvalue weighted by Gasteiger charge is -2.23. The summed E-state index contributed by atoms with van der Waals surface area (Å²) in [6.45, 7) is 7.56. The molecule has 1 aromatic rings. The third-order valence-corrected chi connectivity index (χ3v) is 4.90. The van der Waals surface area contributed by atoms with Crippen LogP contribution in [0.1, 0.15) is 38.1 Å². The first-order chi connectivity index (χ1) is 13.0. The molecular weight excluding hydrogens is 364 g/mol. The van der Waals surface area contributed by atoms with Crippen molar-refractivity contribution < 1.29 is 29.0 Å². The topological polar surface area (TPSA) is 105 Å². The van der Waals surface area contributed by atoms with Gasteiger partial charge in [0.05, 0.1) is 31.4 Å². The average molecular weight is 392 g/mol. The van der Waals surface area contributed by atoms with E-state index in [4.69, 9.17) is 9.47 Å². The monoisotopic (exact) mass is 392 g/mol. The molecule has 1 aliphatic rings. The maximum Gasteiger partial charge on any atom is 0.308 e. The van der Waals surface area contributed by atoms with Crippen molar-refractivity contribution in [3.63, 3.8) is 0 Å². The van der Waals surface area contributed by atoms with E-state index < -0.39 is 17.3 Å². The number of aliphatic carboxylic acids is 1. The molecule has 2 amide bonds. The van der Waals surface area contributed by atoms with Crippen LogP contribution in [0.3, 0.4) is 0 Å². The zero-order valence-electron chi connectivity index (χ0n) is 17.2. The van der Waals surface area contributed by atoms with Crippen LogP contribution in [0, 0.1) is 17.3 Å². The highest BCUT2D eigenvalue weighted by molar-refractivity contribution is 6.05. The number of ether oxygens (including phenoxy) is 2. The van der Waals surface area contributed by atoms with Crippen LogP contribution in [0.25, 0.3) is 0 Å². The Balaban J connectivity index is 2.44. The molecule has 8 nitrogen and oxygen atoms in total. The first-order valence-electron chi connectivity index (χ1n) is 9.09. The van der Waals surface area contributed by atoms with E-state index in [1.807, 2.05) is 6.92 Å². The van der Waals surface area contributed by atoms with Crippen molar-refractivity contribution in [2.45, 2.75) is 27.7 Å². The molecule has 0 aromatic heterocycles. The second-order valence-corrected chi connectivity index (χ2v) is 8.09. The molecule has 0 saturated carbocycles. The number of rotatable bonds is 5. The summed E-state index contributed by atoms with van der Waals surface area (Å²) in [5, 5.41) is 12.1. The second kappa shape index (κ2) is 8.08. The van der Waals surface area contributed by atoms with Crippen molar-refractivity contribution in [1.29, 1.82) is 0 Å². The van der Waals surface area contributed by atoms with Crippen molar-refractivity contribution in [3.05, 3.63) is 17.7 Å². The van der Waals surface area contributed by atoms with E-state index in [0.29, 0.717) is 23.7 Å². The quantitative estimate of drug-likeness (QED) is 0.798. The molecule has 2 rings (SSSR count). The molecule has 1 heterocycles. The van der Waals surface area contributed by atoms with Crippen LogP contribution in [0.2, 0.25) is 0 Å². The zero-order chi connectivity index (χ0) is 21.2. The third kappa shape index (κ3) is 4.37.